The van der Waals surface area contributed by atoms with E-state index < -0.39 is 0 Å². The van der Waals surface area contributed by atoms with Crippen molar-refractivity contribution in [1.29, 1.82) is 0 Å². The average Bonchev–Trinajstić information content (AvgIpc) is 2.59. The highest BCUT2D eigenvalue weighted by atomic mass is 16.1. The zero-order valence-electron chi connectivity index (χ0n) is 6.05. The Hall–Kier alpha value is -0.590. The minimum absolute atomic E-state index is 0.324. The van der Waals surface area contributed by atoms with Gasteiger partial charge in [-0.2, -0.15) is 0 Å². The van der Waals surface area contributed by atoms with E-state index in [9.17, 15) is 4.79 Å². The molecule has 1 saturated carbocycles. The highest BCUT2D eigenvalue weighted by molar-refractivity contribution is 5.89. The van der Waals surface area contributed by atoms with Crippen LogP contribution >= 0.6 is 0 Å². The fourth-order valence-corrected chi connectivity index (χ4v) is 1.74. The number of ketones is 1. The molecule has 10 heavy (non-hydrogen) atoms. The summed E-state index contributed by atoms with van der Waals surface area (Å²) in [5.41, 5.74) is 0. The van der Waals surface area contributed by atoms with Crippen molar-refractivity contribution in [3.05, 3.63) is 12.2 Å². The molecule has 0 N–H and O–H groups in total. The first-order valence-corrected chi connectivity index (χ1v) is 4.05. The van der Waals surface area contributed by atoms with Crippen LogP contribution in [0.4, 0.5) is 0 Å². The molecule has 2 aliphatic rings. The monoisotopic (exact) mass is 136 g/mol. The minimum atomic E-state index is 0.324. The fraction of sp³-hybridized carbons (Fsp3) is 0.667. The Labute approximate surface area is 61.1 Å². The summed E-state index contributed by atoms with van der Waals surface area (Å²) in [4.78, 5) is 10.9. The maximum absolute atomic E-state index is 10.9. The largest absolute Gasteiger partial charge is 0.295 e. The van der Waals surface area contributed by atoms with Crippen LogP contribution in [-0.4, -0.2) is 5.78 Å². The van der Waals surface area contributed by atoms with Crippen LogP contribution in [0.3, 0.4) is 0 Å². The summed E-state index contributed by atoms with van der Waals surface area (Å²) in [5.74, 6) is 2.16. The first kappa shape index (κ1) is 6.14. The highest BCUT2D eigenvalue weighted by Gasteiger charge is 2.36. The SMILES string of the molecule is O=C1C=CC[C@@H]2C[C@H]2CC1. The maximum atomic E-state index is 10.9. The van der Waals surface area contributed by atoms with Gasteiger partial charge in [0.1, 0.15) is 0 Å². The van der Waals surface area contributed by atoms with E-state index in [0.29, 0.717) is 5.78 Å². The van der Waals surface area contributed by atoms with E-state index >= 15 is 0 Å². The predicted molar refractivity (Wildman–Crippen MR) is 39.6 cm³/mol. The first-order chi connectivity index (χ1) is 4.86. The van der Waals surface area contributed by atoms with Crippen LogP contribution in [0.2, 0.25) is 0 Å². The molecule has 1 fully saturated rings. The van der Waals surface area contributed by atoms with Crippen LogP contribution in [-0.2, 0) is 4.79 Å². The highest BCUT2D eigenvalue weighted by Crippen LogP contribution is 2.45. The molecule has 0 amide bonds. The Morgan fingerprint density at radius 3 is 3.20 bits per heavy atom. The number of hydrogen-bond donors (Lipinski definition) is 0. The molecule has 0 saturated heterocycles. The molecule has 0 bridgehead atoms. The minimum Gasteiger partial charge on any atom is -0.295 e. The van der Waals surface area contributed by atoms with Gasteiger partial charge in [-0.05, 0) is 37.2 Å². The molecule has 1 nitrogen and oxygen atoms in total. The van der Waals surface area contributed by atoms with Crippen LogP contribution < -0.4 is 0 Å². The molecule has 0 aromatic rings. The second kappa shape index (κ2) is 2.22. The molecule has 1 heteroatoms. The van der Waals surface area contributed by atoms with Gasteiger partial charge < -0.3 is 0 Å². The van der Waals surface area contributed by atoms with Crippen molar-refractivity contribution >= 4 is 5.78 Å². The van der Waals surface area contributed by atoms with Gasteiger partial charge in [-0.15, -0.1) is 0 Å². The van der Waals surface area contributed by atoms with E-state index in [1.165, 1.54) is 6.42 Å². The van der Waals surface area contributed by atoms with E-state index in [0.717, 1.165) is 31.1 Å². The molecule has 0 aromatic carbocycles. The number of allylic oxidation sites excluding steroid dienone is 2. The van der Waals surface area contributed by atoms with Gasteiger partial charge >= 0.3 is 0 Å². The lowest BCUT2D eigenvalue weighted by atomic mass is 10.1. The lowest BCUT2D eigenvalue weighted by molar-refractivity contribution is -0.114. The quantitative estimate of drug-likeness (QED) is 0.497. The zero-order valence-corrected chi connectivity index (χ0v) is 6.05. The van der Waals surface area contributed by atoms with Gasteiger partial charge in [-0.3, -0.25) is 4.79 Å². The van der Waals surface area contributed by atoms with Gasteiger partial charge in [0.15, 0.2) is 5.78 Å². The van der Waals surface area contributed by atoms with Crippen LogP contribution in [0, 0.1) is 11.8 Å². The molecule has 0 aromatic heterocycles. The number of carbonyl (C=O) groups is 1. The fourth-order valence-electron chi connectivity index (χ4n) is 1.74. The Balaban J connectivity index is 2.02. The van der Waals surface area contributed by atoms with Crippen molar-refractivity contribution < 1.29 is 4.79 Å². The lowest BCUT2D eigenvalue weighted by Crippen LogP contribution is -1.96. The van der Waals surface area contributed by atoms with Gasteiger partial charge in [0.2, 0.25) is 0 Å². The maximum Gasteiger partial charge on any atom is 0.155 e. The summed E-state index contributed by atoms with van der Waals surface area (Å²) in [6.45, 7) is 0. The van der Waals surface area contributed by atoms with Crippen molar-refractivity contribution in [3.63, 3.8) is 0 Å². The van der Waals surface area contributed by atoms with Gasteiger partial charge in [0.25, 0.3) is 0 Å². The molecule has 2 aliphatic carbocycles. The van der Waals surface area contributed by atoms with E-state index in [1.807, 2.05) is 6.08 Å². The number of carbonyl (C=O) groups excluding carboxylic acids is 1. The van der Waals surface area contributed by atoms with Crippen LogP contribution in [0.15, 0.2) is 12.2 Å². The molecule has 0 radical (unpaired) electrons. The topological polar surface area (TPSA) is 17.1 Å². The van der Waals surface area contributed by atoms with Gasteiger partial charge in [-0.25, -0.2) is 0 Å². The third kappa shape index (κ3) is 1.13. The Morgan fingerprint density at radius 2 is 2.30 bits per heavy atom. The molecule has 0 aliphatic heterocycles. The van der Waals surface area contributed by atoms with Crippen LogP contribution in [0.1, 0.15) is 25.7 Å². The Kier molecular flexibility index (Phi) is 1.37. The number of hydrogen-bond acceptors (Lipinski definition) is 1. The van der Waals surface area contributed by atoms with E-state index in [1.54, 1.807) is 6.08 Å². The van der Waals surface area contributed by atoms with Crippen molar-refractivity contribution in [2.75, 3.05) is 0 Å². The van der Waals surface area contributed by atoms with Gasteiger partial charge in [0.05, 0.1) is 0 Å². The van der Waals surface area contributed by atoms with Crippen molar-refractivity contribution in [2.24, 2.45) is 11.8 Å². The first-order valence-electron chi connectivity index (χ1n) is 4.05. The van der Waals surface area contributed by atoms with E-state index in [2.05, 4.69) is 0 Å². The summed E-state index contributed by atoms with van der Waals surface area (Å²) in [6.07, 6.45) is 8.26. The summed E-state index contributed by atoms with van der Waals surface area (Å²) >= 11 is 0. The van der Waals surface area contributed by atoms with Crippen LogP contribution in [0.5, 0.6) is 0 Å². The van der Waals surface area contributed by atoms with Gasteiger partial charge in [0, 0.05) is 6.42 Å². The van der Waals surface area contributed by atoms with Crippen molar-refractivity contribution in [1.82, 2.24) is 0 Å². The lowest BCUT2D eigenvalue weighted by Gasteiger charge is -1.99. The standard InChI is InChI=1S/C9H12O/c10-9-3-1-2-7-6-8(7)4-5-9/h1,3,7-8H,2,4-6H2/t7-,8-/m1/s1. The van der Waals surface area contributed by atoms with Gasteiger partial charge in [-0.1, -0.05) is 6.08 Å². The average molecular weight is 136 g/mol. The Bertz CT molecular complexity index is 181. The molecule has 54 valence electrons. The third-order valence-corrected chi connectivity index (χ3v) is 2.57. The van der Waals surface area contributed by atoms with E-state index in [-0.39, 0.29) is 0 Å². The molecule has 0 spiro atoms. The smallest absolute Gasteiger partial charge is 0.155 e. The predicted octanol–water partition coefficient (Wildman–Crippen LogP) is 1.93. The number of fused-ring (bicyclic) bond motifs is 1. The Morgan fingerprint density at radius 1 is 1.40 bits per heavy atom. The second-order valence-electron chi connectivity index (χ2n) is 3.40. The van der Waals surface area contributed by atoms with E-state index in [4.69, 9.17) is 0 Å². The molecule has 0 unspecified atom stereocenters. The summed E-state index contributed by atoms with van der Waals surface area (Å²) < 4.78 is 0. The third-order valence-electron chi connectivity index (χ3n) is 2.57. The molecule has 2 atom stereocenters. The summed E-state index contributed by atoms with van der Waals surface area (Å²) in [6, 6.07) is 0. The van der Waals surface area contributed by atoms with Crippen molar-refractivity contribution in [2.45, 2.75) is 25.7 Å². The second-order valence-corrected chi connectivity index (χ2v) is 3.40. The number of rotatable bonds is 0. The van der Waals surface area contributed by atoms with Crippen LogP contribution in [0.25, 0.3) is 0 Å². The van der Waals surface area contributed by atoms with Crippen molar-refractivity contribution in [3.8, 4) is 0 Å². The molecule has 0 heterocycles. The molecular weight excluding hydrogens is 124 g/mol. The zero-order chi connectivity index (χ0) is 6.97. The normalized spacial score (nSPS) is 38.2. The summed E-state index contributed by atoms with van der Waals surface area (Å²) in [7, 11) is 0. The molecule has 2 rings (SSSR count). The molecular formula is C9H12O. The summed E-state index contributed by atoms with van der Waals surface area (Å²) in [5, 5.41) is 0.